The number of carbonyl (C=O) groups is 1. The van der Waals surface area contributed by atoms with Gasteiger partial charge in [0.15, 0.2) is 0 Å². The molecule has 0 unspecified atom stereocenters. The number of imidazole rings is 1. The van der Waals surface area contributed by atoms with E-state index in [0.717, 1.165) is 23.7 Å². The van der Waals surface area contributed by atoms with Gasteiger partial charge in [-0.05, 0) is 30.5 Å². The number of aliphatic carboxylic acids is 1. The third kappa shape index (κ3) is 2.52. The third-order valence-corrected chi connectivity index (χ3v) is 3.15. The number of fused-ring (bicyclic) bond motifs is 1. The van der Waals surface area contributed by atoms with Crippen molar-refractivity contribution in [3.8, 4) is 0 Å². The normalized spacial score (nSPS) is 11.8. The molecule has 0 aliphatic heterocycles. The average molecular weight is 258 g/mol. The molecule has 19 heavy (non-hydrogen) atoms. The highest BCUT2D eigenvalue weighted by atomic mass is 16.4. The van der Waals surface area contributed by atoms with Crippen molar-refractivity contribution in [1.29, 1.82) is 0 Å². The number of rotatable bonds is 4. The fourth-order valence-corrected chi connectivity index (χ4v) is 2.26. The van der Waals surface area contributed by atoms with E-state index in [1.165, 1.54) is 5.56 Å². The van der Waals surface area contributed by atoms with Crippen molar-refractivity contribution in [1.82, 2.24) is 9.55 Å². The second kappa shape index (κ2) is 5.26. The predicted octanol–water partition coefficient (Wildman–Crippen LogP) is 3.28. The number of carboxylic acids is 1. The monoisotopic (exact) mass is 258 g/mol. The minimum atomic E-state index is -0.959. The van der Waals surface area contributed by atoms with Crippen LogP contribution in [0.3, 0.4) is 0 Å². The van der Waals surface area contributed by atoms with E-state index in [9.17, 15) is 4.79 Å². The fourth-order valence-electron chi connectivity index (χ4n) is 2.26. The molecule has 2 aromatic rings. The summed E-state index contributed by atoms with van der Waals surface area (Å²) < 4.78 is 2.03. The first kappa shape index (κ1) is 13.3. The molecule has 0 radical (unpaired) electrons. The van der Waals surface area contributed by atoms with E-state index in [1.54, 1.807) is 6.08 Å². The molecular formula is C15H18N2O2. The Kier molecular flexibility index (Phi) is 3.69. The number of aryl methyl sites for hydroxylation is 1. The molecule has 2 rings (SSSR count). The van der Waals surface area contributed by atoms with E-state index in [2.05, 4.69) is 24.9 Å². The molecule has 0 saturated carbocycles. The van der Waals surface area contributed by atoms with Gasteiger partial charge in [0.05, 0.1) is 11.0 Å². The van der Waals surface area contributed by atoms with Crippen LogP contribution in [0.15, 0.2) is 24.3 Å². The van der Waals surface area contributed by atoms with Gasteiger partial charge in [0, 0.05) is 12.6 Å². The standard InChI is InChI=1S/C15H18N2O2/c1-4-17-12-7-5-6-11(10(2)3)15(12)16-13(17)8-9-14(18)19/h5-10H,4H2,1-3H3,(H,18,19)/b9-8+. The van der Waals surface area contributed by atoms with Crippen LogP contribution in [0.2, 0.25) is 0 Å². The highest BCUT2D eigenvalue weighted by Gasteiger charge is 2.12. The first-order chi connectivity index (χ1) is 9.04. The van der Waals surface area contributed by atoms with Crippen LogP contribution in [-0.2, 0) is 11.3 Å². The van der Waals surface area contributed by atoms with Crippen molar-refractivity contribution in [2.75, 3.05) is 0 Å². The van der Waals surface area contributed by atoms with Gasteiger partial charge >= 0.3 is 5.97 Å². The Bertz CT molecular complexity index is 639. The van der Waals surface area contributed by atoms with Crippen molar-refractivity contribution in [3.05, 3.63) is 35.7 Å². The number of aromatic nitrogens is 2. The molecule has 0 amide bonds. The van der Waals surface area contributed by atoms with Crippen LogP contribution >= 0.6 is 0 Å². The van der Waals surface area contributed by atoms with Crippen molar-refractivity contribution in [2.24, 2.45) is 0 Å². The van der Waals surface area contributed by atoms with Gasteiger partial charge in [-0.15, -0.1) is 0 Å². The van der Waals surface area contributed by atoms with Crippen LogP contribution in [0.5, 0.6) is 0 Å². The van der Waals surface area contributed by atoms with Crippen LogP contribution in [0.1, 0.15) is 38.1 Å². The number of nitrogens with zero attached hydrogens (tertiary/aromatic N) is 2. The summed E-state index contributed by atoms with van der Waals surface area (Å²) in [6, 6.07) is 6.12. The lowest BCUT2D eigenvalue weighted by molar-refractivity contribution is -0.131. The van der Waals surface area contributed by atoms with Gasteiger partial charge in [0.25, 0.3) is 0 Å². The molecule has 0 fully saturated rings. The number of hydrogen-bond donors (Lipinski definition) is 1. The summed E-state index contributed by atoms with van der Waals surface area (Å²) in [6.07, 6.45) is 2.68. The Hall–Kier alpha value is -2.10. The lowest BCUT2D eigenvalue weighted by atomic mass is 10.0. The predicted molar refractivity (Wildman–Crippen MR) is 76.2 cm³/mol. The Morgan fingerprint density at radius 2 is 2.21 bits per heavy atom. The van der Waals surface area contributed by atoms with E-state index in [0.29, 0.717) is 11.7 Å². The SMILES string of the molecule is CCn1c(/C=C/C(=O)O)nc2c(C(C)C)cccc21. The Labute approximate surface area is 112 Å². The van der Waals surface area contributed by atoms with E-state index >= 15 is 0 Å². The lowest BCUT2D eigenvalue weighted by Crippen LogP contribution is -1.97. The summed E-state index contributed by atoms with van der Waals surface area (Å²) in [4.78, 5) is 15.2. The van der Waals surface area contributed by atoms with E-state index in [4.69, 9.17) is 5.11 Å². The third-order valence-electron chi connectivity index (χ3n) is 3.15. The van der Waals surface area contributed by atoms with Gasteiger partial charge in [0.1, 0.15) is 5.82 Å². The number of hydrogen-bond acceptors (Lipinski definition) is 2. The number of para-hydroxylation sites is 1. The minimum absolute atomic E-state index is 0.389. The van der Waals surface area contributed by atoms with Gasteiger partial charge < -0.3 is 9.67 Å². The highest BCUT2D eigenvalue weighted by Crippen LogP contribution is 2.26. The van der Waals surface area contributed by atoms with Gasteiger partial charge in [-0.3, -0.25) is 0 Å². The summed E-state index contributed by atoms with van der Waals surface area (Å²) in [7, 11) is 0. The summed E-state index contributed by atoms with van der Waals surface area (Å²) in [5.41, 5.74) is 3.21. The zero-order valence-electron chi connectivity index (χ0n) is 11.4. The topological polar surface area (TPSA) is 55.1 Å². The molecule has 0 aliphatic rings. The maximum atomic E-state index is 10.6. The fraction of sp³-hybridized carbons (Fsp3) is 0.333. The van der Waals surface area contributed by atoms with Crippen LogP contribution in [-0.4, -0.2) is 20.6 Å². The second-order valence-electron chi connectivity index (χ2n) is 4.76. The summed E-state index contributed by atoms with van der Waals surface area (Å²) in [5, 5.41) is 8.73. The number of benzene rings is 1. The van der Waals surface area contributed by atoms with Gasteiger partial charge in [-0.2, -0.15) is 0 Å². The zero-order valence-corrected chi connectivity index (χ0v) is 11.4. The van der Waals surface area contributed by atoms with Gasteiger partial charge in [-0.25, -0.2) is 9.78 Å². The largest absolute Gasteiger partial charge is 0.478 e. The molecular weight excluding hydrogens is 240 g/mol. The van der Waals surface area contributed by atoms with Crippen LogP contribution in [0.4, 0.5) is 0 Å². The van der Waals surface area contributed by atoms with Crippen molar-refractivity contribution in [3.63, 3.8) is 0 Å². The average Bonchev–Trinajstić information content (AvgIpc) is 2.73. The summed E-state index contributed by atoms with van der Waals surface area (Å²) in [6.45, 7) is 7.05. The molecule has 0 spiro atoms. The van der Waals surface area contributed by atoms with Crippen LogP contribution < -0.4 is 0 Å². The molecule has 0 aliphatic carbocycles. The maximum Gasteiger partial charge on any atom is 0.328 e. The quantitative estimate of drug-likeness (QED) is 0.856. The lowest BCUT2D eigenvalue weighted by Gasteiger charge is -2.06. The van der Waals surface area contributed by atoms with Crippen molar-refractivity contribution < 1.29 is 9.90 Å². The second-order valence-corrected chi connectivity index (χ2v) is 4.76. The molecule has 1 heterocycles. The van der Waals surface area contributed by atoms with Crippen molar-refractivity contribution in [2.45, 2.75) is 33.2 Å². The molecule has 1 N–H and O–H groups in total. The summed E-state index contributed by atoms with van der Waals surface area (Å²) in [5.74, 6) is 0.118. The molecule has 1 aromatic carbocycles. The van der Waals surface area contributed by atoms with Crippen LogP contribution in [0, 0.1) is 0 Å². The Morgan fingerprint density at radius 3 is 2.79 bits per heavy atom. The smallest absolute Gasteiger partial charge is 0.328 e. The molecule has 0 bridgehead atoms. The first-order valence-corrected chi connectivity index (χ1v) is 6.44. The maximum absolute atomic E-state index is 10.6. The molecule has 0 atom stereocenters. The molecule has 0 saturated heterocycles. The molecule has 100 valence electrons. The van der Waals surface area contributed by atoms with Gasteiger partial charge in [-0.1, -0.05) is 26.0 Å². The van der Waals surface area contributed by atoms with Crippen LogP contribution in [0.25, 0.3) is 17.1 Å². The Morgan fingerprint density at radius 1 is 1.47 bits per heavy atom. The molecule has 4 nitrogen and oxygen atoms in total. The highest BCUT2D eigenvalue weighted by molar-refractivity contribution is 5.87. The molecule has 1 aromatic heterocycles. The minimum Gasteiger partial charge on any atom is -0.478 e. The van der Waals surface area contributed by atoms with E-state index < -0.39 is 5.97 Å². The molecule has 4 heteroatoms. The first-order valence-electron chi connectivity index (χ1n) is 6.44. The zero-order chi connectivity index (χ0) is 14.0. The van der Waals surface area contributed by atoms with E-state index in [-0.39, 0.29) is 0 Å². The summed E-state index contributed by atoms with van der Waals surface area (Å²) >= 11 is 0. The number of carboxylic acid groups (broad SMARTS) is 1. The van der Waals surface area contributed by atoms with Gasteiger partial charge in [0.2, 0.25) is 0 Å². The van der Waals surface area contributed by atoms with Crippen molar-refractivity contribution >= 4 is 23.1 Å². The Balaban J connectivity index is 2.66. The van der Waals surface area contributed by atoms with E-state index in [1.807, 2.05) is 23.6 Å².